The number of nitrogens with zero attached hydrogens (tertiary/aromatic N) is 2. The predicted octanol–water partition coefficient (Wildman–Crippen LogP) is 0.0882. The van der Waals surface area contributed by atoms with Crippen LogP contribution in [0, 0.1) is 0 Å². The van der Waals surface area contributed by atoms with Gasteiger partial charge in [-0.2, -0.15) is 0 Å². The second-order valence-electron chi connectivity index (χ2n) is 4.60. The standard InChI is InChI=1S/C12H14N2O5/c15-4-11-10(18)3-12(19-11)14-5-13-6-1-8(16)9(17)2-7(6)14/h1-2,5,10-12,15-18H,3-4H2/t10?,11-,12-/m1/s1. The summed E-state index contributed by atoms with van der Waals surface area (Å²) in [6, 6.07) is 2.75. The molecule has 1 unspecified atom stereocenters. The fourth-order valence-electron chi connectivity index (χ4n) is 2.33. The monoisotopic (exact) mass is 266 g/mol. The van der Waals surface area contributed by atoms with Crippen LogP contribution in [-0.4, -0.2) is 48.8 Å². The number of aliphatic hydroxyl groups excluding tert-OH is 2. The molecule has 2 heterocycles. The lowest BCUT2D eigenvalue weighted by atomic mass is 10.2. The number of aliphatic hydroxyl groups is 2. The molecule has 2 aromatic rings. The highest BCUT2D eigenvalue weighted by Crippen LogP contribution is 2.34. The molecule has 0 bridgehead atoms. The van der Waals surface area contributed by atoms with Crippen LogP contribution in [0.25, 0.3) is 11.0 Å². The van der Waals surface area contributed by atoms with Crippen molar-refractivity contribution in [3.63, 3.8) is 0 Å². The van der Waals surface area contributed by atoms with Crippen molar-refractivity contribution in [2.75, 3.05) is 6.61 Å². The second-order valence-corrected chi connectivity index (χ2v) is 4.60. The molecule has 7 nitrogen and oxygen atoms in total. The van der Waals surface area contributed by atoms with Crippen LogP contribution in [-0.2, 0) is 4.74 Å². The van der Waals surface area contributed by atoms with E-state index in [1.54, 1.807) is 4.57 Å². The molecule has 19 heavy (non-hydrogen) atoms. The Hall–Kier alpha value is -1.83. The van der Waals surface area contributed by atoms with E-state index in [2.05, 4.69) is 4.98 Å². The molecule has 7 heteroatoms. The van der Waals surface area contributed by atoms with Crippen molar-refractivity contribution < 1.29 is 25.2 Å². The van der Waals surface area contributed by atoms with E-state index in [1.807, 2.05) is 0 Å². The Morgan fingerprint density at radius 1 is 1.32 bits per heavy atom. The van der Waals surface area contributed by atoms with Gasteiger partial charge in [-0.05, 0) is 0 Å². The first kappa shape index (κ1) is 12.2. The molecule has 4 N–H and O–H groups in total. The maximum absolute atomic E-state index is 9.72. The van der Waals surface area contributed by atoms with Crippen LogP contribution in [0.5, 0.6) is 11.5 Å². The Morgan fingerprint density at radius 3 is 2.74 bits per heavy atom. The van der Waals surface area contributed by atoms with E-state index in [-0.39, 0.29) is 18.1 Å². The SMILES string of the molecule is OC[C@H]1O[C@@H](n2cnc3cc(O)c(O)cc32)CC1O. The highest BCUT2D eigenvalue weighted by molar-refractivity contribution is 5.79. The Morgan fingerprint density at radius 2 is 2.05 bits per heavy atom. The van der Waals surface area contributed by atoms with E-state index in [0.717, 1.165) is 0 Å². The van der Waals surface area contributed by atoms with Gasteiger partial charge in [0.15, 0.2) is 11.5 Å². The Kier molecular flexibility index (Phi) is 2.81. The minimum atomic E-state index is -0.738. The molecule has 1 aromatic carbocycles. The number of rotatable bonds is 2. The van der Waals surface area contributed by atoms with Crippen LogP contribution in [0.2, 0.25) is 0 Å². The van der Waals surface area contributed by atoms with Gasteiger partial charge < -0.3 is 29.7 Å². The number of phenols is 2. The van der Waals surface area contributed by atoms with Crippen LogP contribution in [0.15, 0.2) is 18.5 Å². The molecule has 3 atom stereocenters. The first-order chi connectivity index (χ1) is 9.10. The van der Waals surface area contributed by atoms with Crippen molar-refractivity contribution in [1.82, 2.24) is 9.55 Å². The number of benzene rings is 1. The molecule has 102 valence electrons. The van der Waals surface area contributed by atoms with Gasteiger partial charge in [-0.25, -0.2) is 4.98 Å². The fraction of sp³-hybridized carbons (Fsp3) is 0.417. The van der Waals surface area contributed by atoms with Gasteiger partial charge in [0.05, 0.1) is 30.1 Å². The van der Waals surface area contributed by atoms with Gasteiger partial charge in [0.2, 0.25) is 0 Å². The minimum absolute atomic E-state index is 0.238. The molecule has 3 rings (SSSR count). The Balaban J connectivity index is 2.00. The zero-order chi connectivity index (χ0) is 13.6. The minimum Gasteiger partial charge on any atom is -0.504 e. The molecular formula is C12H14N2O5. The van der Waals surface area contributed by atoms with Gasteiger partial charge in [-0.15, -0.1) is 0 Å². The lowest BCUT2D eigenvalue weighted by Crippen LogP contribution is -2.24. The average Bonchev–Trinajstić information content (AvgIpc) is 2.93. The summed E-state index contributed by atoms with van der Waals surface area (Å²) in [5.41, 5.74) is 1.10. The van der Waals surface area contributed by atoms with E-state index >= 15 is 0 Å². The van der Waals surface area contributed by atoms with Crippen molar-refractivity contribution in [3.05, 3.63) is 18.5 Å². The molecule has 0 radical (unpaired) electrons. The van der Waals surface area contributed by atoms with Crippen molar-refractivity contribution >= 4 is 11.0 Å². The number of imidazole rings is 1. The lowest BCUT2D eigenvalue weighted by molar-refractivity contribution is -0.0430. The predicted molar refractivity (Wildman–Crippen MR) is 64.7 cm³/mol. The zero-order valence-corrected chi connectivity index (χ0v) is 9.97. The second kappa shape index (κ2) is 4.37. The molecule has 1 fully saturated rings. The normalized spacial score (nSPS) is 27.2. The summed E-state index contributed by atoms with van der Waals surface area (Å²) in [4.78, 5) is 4.11. The zero-order valence-electron chi connectivity index (χ0n) is 9.97. The Labute approximate surface area is 108 Å². The third-order valence-corrected chi connectivity index (χ3v) is 3.37. The van der Waals surface area contributed by atoms with Gasteiger partial charge in [-0.3, -0.25) is 0 Å². The summed E-state index contributed by atoms with van der Waals surface area (Å²) >= 11 is 0. The lowest BCUT2D eigenvalue weighted by Gasteiger charge is -2.14. The van der Waals surface area contributed by atoms with Gasteiger partial charge in [0.25, 0.3) is 0 Å². The van der Waals surface area contributed by atoms with E-state index in [1.165, 1.54) is 18.5 Å². The molecule has 1 aliphatic heterocycles. The summed E-state index contributed by atoms with van der Waals surface area (Å²) in [6.07, 6.45) is 0.0337. The highest BCUT2D eigenvalue weighted by atomic mass is 16.5. The number of phenolic OH excluding ortho intramolecular Hbond substituents is 2. The van der Waals surface area contributed by atoms with Crippen LogP contribution >= 0.6 is 0 Å². The third-order valence-electron chi connectivity index (χ3n) is 3.37. The number of aromatic hydroxyl groups is 2. The van der Waals surface area contributed by atoms with E-state index in [9.17, 15) is 15.3 Å². The molecule has 1 saturated heterocycles. The quantitative estimate of drug-likeness (QED) is 0.574. The number of ether oxygens (including phenoxy) is 1. The summed E-state index contributed by atoms with van der Waals surface area (Å²) in [6.45, 7) is -0.254. The van der Waals surface area contributed by atoms with Gasteiger partial charge in [-0.1, -0.05) is 0 Å². The highest BCUT2D eigenvalue weighted by Gasteiger charge is 2.35. The first-order valence-corrected chi connectivity index (χ1v) is 5.93. The van der Waals surface area contributed by atoms with E-state index < -0.39 is 18.4 Å². The maximum atomic E-state index is 9.72. The summed E-state index contributed by atoms with van der Waals surface area (Å²) < 4.78 is 7.18. The maximum Gasteiger partial charge on any atom is 0.159 e. The largest absolute Gasteiger partial charge is 0.504 e. The Bertz CT molecular complexity index is 611. The molecule has 1 aliphatic rings. The van der Waals surface area contributed by atoms with E-state index in [4.69, 9.17) is 9.84 Å². The summed E-state index contributed by atoms with van der Waals surface area (Å²) in [5.74, 6) is -0.482. The third kappa shape index (κ3) is 1.92. The van der Waals surface area contributed by atoms with Gasteiger partial charge in [0, 0.05) is 18.6 Å². The fourth-order valence-corrected chi connectivity index (χ4v) is 2.33. The van der Waals surface area contributed by atoms with Gasteiger partial charge in [0.1, 0.15) is 12.3 Å². The number of aromatic nitrogens is 2. The van der Waals surface area contributed by atoms with Crippen LogP contribution in [0.3, 0.4) is 0 Å². The molecule has 0 saturated carbocycles. The van der Waals surface area contributed by atoms with Crippen LogP contribution in [0.4, 0.5) is 0 Å². The molecular weight excluding hydrogens is 252 g/mol. The van der Waals surface area contributed by atoms with Crippen molar-refractivity contribution in [2.45, 2.75) is 24.9 Å². The van der Waals surface area contributed by atoms with Crippen molar-refractivity contribution in [2.24, 2.45) is 0 Å². The summed E-state index contributed by atoms with van der Waals surface area (Å²) in [7, 11) is 0. The number of fused-ring (bicyclic) bond motifs is 1. The molecule has 1 aromatic heterocycles. The smallest absolute Gasteiger partial charge is 0.159 e. The van der Waals surface area contributed by atoms with E-state index in [0.29, 0.717) is 17.5 Å². The van der Waals surface area contributed by atoms with Crippen LogP contribution in [0.1, 0.15) is 12.6 Å². The summed E-state index contributed by atoms with van der Waals surface area (Å²) in [5, 5.41) is 37.7. The van der Waals surface area contributed by atoms with Crippen molar-refractivity contribution in [3.8, 4) is 11.5 Å². The number of hydrogen-bond donors (Lipinski definition) is 4. The van der Waals surface area contributed by atoms with Gasteiger partial charge >= 0.3 is 0 Å². The molecule has 0 spiro atoms. The number of hydrogen-bond acceptors (Lipinski definition) is 6. The molecule has 0 aliphatic carbocycles. The average molecular weight is 266 g/mol. The topological polar surface area (TPSA) is 108 Å². The van der Waals surface area contributed by atoms with Crippen molar-refractivity contribution in [1.29, 1.82) is 0 Å². The first-order valence-electron chi connectivity index (χ1n) is 5.93. The molecule has 0 amide bonds. The van der Waals surface area contributed by atoms with Crippen LogP contribution < -0.4 is 0 Å².